The zero-order chi connectivity index (χ0) is 30.1. The highest BCUT2D eigenvalue weighted by Gasteiger charge is 2.25. The van der Waals surface area contributed by atoms with Gasteiger partial charge in [-0.05, 0) is 57.7 Å². The molecule has 2 aromatic rings. The Morgan fingerprint density at radius 2 is 1.54 bits per heavy atom. The summed E-state index contributed by atoms with van der Waals surface area (Å²) in [5.41, 5.74) is 1.14. The van der Waals surface area contributed by atoms with Crippen LogP contribution < -0.4 is 21.3 Å². The number of rotatable bonds is 15. The fraction of sp³-hybridized carbons (Fsp3) is 0.419. The molecule has 3 amide bonds. The van der Waals surface area contributed by atoms with Crippen LogP contribution in [0.5, 0.6) is 0 Å². The van der Waals surface area contributed by atoms with Gasteiger partial charge in [0.05, 0.1) is 12.6 Å². The van der Waals surface area contributed by atoms with Crippen LogP contribution in [0.3, 0.4) is 0 Å². The van der Waals surface area contributed by atoms with Gasteiger partial charge in [0, 0.05) is 13.1 Å². The summed E-state index contributed by atoms with van der Waals surface area (Å²) in [6, 6.07) is 17.6. The minimum absolute atomic E-state index is 0.0205. The largest absolute Gasteiger partial charge is 0.460 e. The molecular weight excluding hydrogens is 524 g/mol. The van der Waals surface area contributed by atoms with Gasteiger partial charge in [-0.3, -0.25) is 14.4 Å². The summed E-state index contributed by atoms with van der Waals surface area (Å²) in [4.78, 5) is 49.7. The van der Waals surface area contributed by atoms with Crippen LogP contribution in [0.2, 0.25) is 0 Å². The summed E-state index contributed by atoms with van der Waals surface area (Å²) in [5.74, 6) is -1.10. The Hall–Kier alpha value is -4.18. The predicted molar refractivity (Wildman–Crippen MR) is 157 cm³/mol. The quantitative estimate of drug-likeness (QED) is 0.148. The maximum Gasteiger partial charge on any atom is 0.408 e. The molecule has 0 fully saturated rings. The molecule has 2 unspecified atom stereocenters. The molecule has 0 aliphatic carbocycles. The van der Waals surface area contributed by atoms with Crippen molar-refractivity contribution >= 4 is 23.9 Å². The van der Waals surface area contributed by atoms with Gasteiger partial charge in [-0.15, -0.1) is 0 Å². The number of carbonyl (C=O) groups excluding carboxylic acids is 4. The maximum absolute atomic E-state index is 13.3. The van der Waals surface area contributed by atoms with Gasteiger partial charge < -0.3 is 30.7 Å². The van der Waals surface area contributed by atoms with Gasteiger partial charge in [-0.25, -0.2) is 4.79 Å². The molecule has 0 radical (unpaired) electrons. The van der Waals surface area contributed by atoms with E-state index in [0.29, 0.717) is 19.4 Å². The summed E-state index contributed by atoms with van der Waals surface area (Å²) in [5, 5.41) is 11.1. The summed E-state index contributed by atoms with van der Waals surface area (Å²) in [7, 11) is 1.52. The standard InChI is InChI=1S/C31H42N4O6/c1-31(2,3)41-30(39)35-26(16-11-19-33-21-28(37)40-22-24-14-9-6-10-15-24)29(38)34-25(17-18-27(36)32-4)20-23-12-7-5-8-13-23/h5-10,12-15,17-18,25-26,33H,11,16,19-22H2,1-4H3,(H,32,36)(H,34,38)(H,35,39)/b18-17+. The number of alkyl carbamates (subject to hydrolysis) is 1. The van der Waals surface area contributed by atoms with Gasteiger partial charge in [-0.1, -0.05) is 66.7 Å². The molecule has 10 heteroatoms. The predicted octanol–water partition coefficient (Wildman–Crippen LogP) is 3.02. The first-order valence-electron chi connectivity index (χ1n) is 13.7. The van der Waals surface area contributed by atoms with Crippen LogP contribution in [-0.4, -0.2) is 61.7 Å². The fourth-order valence-electron chi connectivity index (χ4n) is 3.73. The lowest BCUT2D eigenvalue weighted by Gasteiger charge is -2.25. The van der Waals surface area contributed by atoms with E-state index in [1.807, 2.05) is 60.7 Å². The third kappa shape index (κ3) is 14.7. The van der Waals surface area contributed by atoms with E-state index in [2.05, 4.69) is 21.3 Å². The van der Waals surface area contributed by atoms with Crippen LogP contribution in [0.1, 0.15) is 44.7 Å². The summed E-state index contributed by atoms with van der Waals surface area (Å²) in [6.07, 6.45) is 3.50. The molecule has 4 N–H and O–H groups in total. The summed E-state index contributed by atoms with van der Waals surface area (Å²) in [6.45, 7) is 5.85. The Labute approximate surface area is 242 Å². The van der Waals surface area contributed by atoms with Crippen molar-refractivity contribution in [1.82, 2.24) is 21.3 Å². The van der Waals surface area contributed by atoms with E-state index in [1.54, 1.807) is 26.8 Å². The molecule has 0 heterocycles. The molecule has 2 rings (SSSR count). The molecule has 2 aromatic carbocycles. The Bertz CT molecular complexity index is 1130. The van der Waals surface area contributed by atoms with Crippen molar-refractivity contribution in [2.24, 2.45) is 0 Å². The molecule has 0 spiro atoms. The van der Waals surface area contributed by atoms with E-state index >= 15 is 0 Å². The second-order valence-corrected chi connectivity index (χ2v) is 10.4. The second-order valence-electron chi connectivity index (χ2n) is 10.4. The first-order chi connectivity index (χ1) is 19.6. The lowest BCUT2D eigenvalue weighted by atomic mass is 10.0. The van der Waals surface area contributed by atoms with Crippen molar-refractivity contribution in [3.05, 3.63) is 83.9 Å². The molecule has 0 aliphatic heterocycles. The van der Waals surface area contributed by atoms with Crippen molar-refractivity contribution < 1.29 is 28.7 Å². The van der Waals surface area contributed by atoms with Crippen molar-refractivity contribution in [3.8, 4) is 0 Å². The molecule has 0 aliphatic rings. The molecule has 10 nitrogen and oxygen atoms in total. The van der Waals surface area contributed by atoms with Gasteiger partial charge in [0.2, 0.25) is 11.8 Å². The van der Waals surface area contributed by atoms with Crippen LogP contribution in [0, 0.1) is 0 Å². The molecule has 0 aromatic heterocycles. The third-order valence-corrected chi connectivity index (χ3v) is 5.72. The van der Waals surface area contributed by atoms with E-state index < -0.39 is 29.7 Å². The Morgan fingerprint density at radius 1 is 0.902 bits per heavy atom. The van der Waals surface area contributed by atoms with E-state index in [9.17, 15) is 19.2 Å². The number of benzene rings is 2. The van der Waals surface area contributed by atoms with E-state index in [4.69, 9.17) is 9.47 Å². The minimum atomic E-state index is -0.900. The lowest BCUT2D eigenvalue weighted by molar-refractivity contribution is -0.143. The van der Waals surface area contributed by atoms with Crippen molar-refractivity contribution in [3.63, 3.8) is 0 Å². The Morgan fingerprint density at radius 3 is 2.15 bits per heavy atom. The Balaban J connectivity index is 1.96. The molecule has 0 bridgehead atoms. The maximum atomic E-state index is 13.3. The zero-order valence-corrected chi connectivity index (χ0v) is 24.3. The molecule has 222 valence electrons. The number of hydrogen-bond acceptors (Lipinski definition) is 7. The average Bonchev–Trinajstić information content (AvgIpc) is 2.93. The van der Waals surface area contributed by atoms with Crippen LogP contribution >= 0.6 is 0 Å². The van der Waals surface area contributed by atoms with Crippen molar-refractivity contribution in [1.29, 1.82) is 0 Å². The van der Waals surface area contributed by atoms with E-state index in [-0.39, 0.29) is 31.4 Å². The highest BCUT2D eigenvalue weighted by Crippen LogP contribution is 2.09. The molecular formula is C31H42N4O6. The van der Waals surface area contributed by atoms with Gasteiger partial charge in [0.15, 0.2) is 0 Å². The number of ether oxygens (including phenoxy) is 2. The Kier molecular flexibility index (Phi) is 14.1. The van der Waals surface area contributed by atoms with Gasteiger partial charge >= 0.3 is 12.1 Å². The van der Waals surface area contributed by atoms with E-state index in [1.165, 1.54) is 13.1 Å². The topological polar surface area (TPSA) is 135 Å². The zero-order valence-electron chi connectivity index (χ0n) is 24.3. The number of hydrogen-bond donors (Lipinski definition) is 4. The number of carbonyl (C=O) groups is 4. The monoisotopic (exact) mass is 566 g/mol. The lowest BCUT2D eigenvalue weighted by Crippen LogP contribution is -2.51. The number of amides is 3. The van der Waals surface area contributed by atoms with Gasteiger partial charge in [0.25, 0.3) is 0 Å². The van der Waals surface area contributed by atoms with E-state index in [0.717, 1.165) is 11.1 Å². The van der Waals surface area contributed by atoms with Gasteiger partial charge in [0.1, 0.15) is 18.2 Å². The summed E-state index contributed by atoms with van der Waals surface area (Å²) < 4.78 is 10.6. The van der Waals surface area contributed by atoms with Crippen molar-refractivity contribution in [2.45, 2.75) is 64.3 Å². The smallest absolute Gasteiger partial charge is 0.408 e. The van der Waals surface area contributed by atoms with Crippen molar-refractivity contribution in [2.75, 3.05) is 20.1 Å². The second kappa shape index (κ2) is 17.5. The number of likely N-dealkylation sites (N-methyl/N-ethyl adjacent to an activating group) is 1. The number of nitrogens with one attached hydrogen (secondary N) is 4. The molecule has 0 saturated carbocycles. The number of esters is 1. The van der Waals surface area contributed by atoms with Crippen LogP contribution in [-0.2, 0) is 36.9 Å². The highest BCUT2D eigenvalue weighted by molar-refractivity contribution is 5.88. The van der Waals surface area contributed by atoms with Gasteiger partial charge in [-0.2, -0.15) is 0 Å². The molecule has 2 atom stereocenters. The first-order valence-corrected chi connectivity index (χ1v) is 13.7. The summed E-state index contributed by atoms with van der Waals surface area (Å²) >= 11 is 0. The highest BCUT2D eigenvalue weighted by atomic mass is 16.6. The normalized spacial score (nSPS) is 12.7. The molecule has 0 saturated heterocycles. The first kappa shape index (κ1) is 33.0. The average molecular weight is 567 g/mol. The van der Waals surface area contributed by atoms with Crippen LogP contribution in [0.15, 0.2) is 72.8 Å². The third-order valence-electron chi connectivity index (χ3n) is 5.72. The SMILES string of the molecule is CNC(=O)/C=C/C(Cc1ccccc1)NC(=O)C(CCCNCC(=O)OCc1ccccc1)NC(=O)OC(C)(C)C. The fourth-order valence-corrected chi connectivity index (χ4v) is 3.73. The van der Waals surface area contributed by atoms with Crippen LogP contribution in [0.25, 0.3) is 0 Å². The molecule has 41 heavy (non-hydrogen) atoms. The minimum Gasteiger partial charge on any atom is -0.460 e. The van der Waals surface area contributed by atoms with Crippen LogP contribution in [0.4, 0.5) is 4.79 Å².